The van der Waals surface area contributed by atoms with Crippen molar-refractivity contribution in [1.82, 2.24) is 10.6 Å². The van der Waals surface area contributed by atoms with E-state index in [1.54, 1.807) is 0 Å². The van der Waals surface area contributed by atoms with Crippen molar-refractivity contribution >= 4 is 5.91 Å². The summed E-state index contributed by atoms with van der Waals surface area (Å²) in [6, 6.07) is 9.06. The standard InChI is InChI=1S/C16H22N2O/c1-11(16(19)18-15-7-8-15)17-10-12-3-2-4-14(9-12)13-5-6-13/h2-4,9,11,13,15,17H,5-8,10H2,1H3,(H,18,19). The fourth-order valence-electron chi connectivity index (χ4n) is 2.29. The zero-order chi connectivity index (χ0) is 13.2. The SMILES string of the molecule is CC(NCc1cccc(C2CC2)c1)C(=O)NC1CC1. The van der Waals surface area contributed by atoms with Crippen LogP contribution in [0.1, 0.15) is 49.7 Å². The summed E-state index contributed by atoms with van der Waals surface area (Å²) in [5.74, 6) is 0.913. The van der Waals surface area contributed by atoms with Gasteiger partial charge in [0.05, 0.1) is 6.04 Å². The Morgan fingerprint density at radius 3 is 2.79 bits per heavy atom. The Labute approximate surface area is 114 Å². The second-order valence-electron chi connectivity index (χ2n) is 5.90. The molecule has 19 heavy (non-hydrogen) atoms. The molecule has 0 spiro atoms. The summed E-state index contributed by atoms with van der Waals surface area (Å²) in [7, 11) is 0. The van der Waals surface area contributed by atoms with Gasteiger partial charge in [0.1, 0.15) is 0 Å². The first-order chi connectivity index (χ1) is 9.22. The predicted molar refractivity (Wildman–Crippen MR) is 75.9 cm³/mol. The van der Waals surface area contributed by atoms with Crippen molar-refractivity contribution in [2.45, 2.75) is 57.2 Å². The van der Waals surface area contributed by atoms with Crippen LogP contribution in [0.3, 0.4) is 0 Å². The largest absolute Gasteiger partial charge is 0.352 e. The fourth-order valence-corrected chi connectivity index (χ4v) is 2.29. The molecule has 3 nitrogen and oxygen atoms in total. The molecular weight excluding hydrogens is 236 g/mol. The molecule has 1 aromatic carbocycles. The minimum absolute atomic E-state index is 0.120. The van der Waals surface area contributed by atoms with Crippen molar-refractivity contribution in [1.29, 1.82) is 0 Å². The van der Waals surface area contributed by atoms with Crippen LogP contribution in [0, 0.1) is 0 Å². The highest BCUT2D eigenvalue weighted by Gasteiger charge is 2.25. The molecule has 2 saturated carbocycles. The first kappa shape index (κ1) is 12.7. The molecule has 2 aliphatic carbocycles. The summed E-state index contributed by atoms with van der Waals surface area (Å²) in [5.41, 5.74) is 2.73. The van der Waals surface area contributed by atoms with Gasteiger partial charge < -0.3 is 10.6 Å². The van der Waals surface area contributed by atoms with Gasteiger partial charge in [-0.1, -0.05) is 24.3 Å². The lowest BCUT2D eigenvalue weighted by molar-refractivity contribution is -0.122. The van der Waals surface area contributed by atoms with Crippen molar-refractivity contribution in [2.75, 3.05) is 0 Å². The number of benzene rings is 1. The van der Waals surface area contributed by atoms with Crippen LogP contribution in [0.15, 0.2) is 24.3 Å². The van der Waals surface area contributed by atoms with Crippen LogP contribution in [0.5, 0.6) is 0 Å². The monoisotopic (exact) mass is 258 g/mol. The molecule has 0 bridgehead atoms. The third kappa shape index (κ3) is 3.57. The first-order valence-electron chi connectivity index (χ1n) is 7.35. The molecule has 0 aromatic heterocycles. The third-order valence-electron chi connectivity index (χ3n) is 3.93. The zero-order valence-corrected chi connectivity index (χ0v) is 11.5. The second kappa shape index (κ2) is 5.33. The van der Waals surface area contributed by atoms with E-state index in [9.17, 15) is 4.79 Å². The van der Waals surface area contributed by atoms with Gasteiger partial charge in [0, 0.05) is 12.6 Å². The number of nitrogens with one attached hydrogen (secondary N) is 2. The van der Waals surface area contributed by atoms with Crippen molar-refractivity contribution in [2.24, 2.45) is 0 Å². The van der Waals surface area contributed by atoms with Crippen LogP contribution < -0.4 is 10.6 Å². The maximum absolute atomic E-state index is 11.8. The van der Waals surface area contributed by atoms with E-state index in [2.05, 4.69) is 34.9 Å². The van der Waals surface area contributed by atoms with Gasteiger partial charge in [-0.05, 0) is 49.7 Å². The highest BCUT2D eigenvalue weighted by molar-refractivity contribution is 5.81. The summed E-state index contributed by atoms with van der Waals surface area (Å²) in [6.07, 6.45) is 4.94. The maximum atomic E-state index is 11.8. The third-order valence-corrected chi connectivity index (χ3v) is 3.93. The van der Waals surface area contributed by atoms with E-state index in [0.717, 1.165) is 25.3 Å². The minimum Gasteiger partial charge on any atom is -0.352 e. The van der Waals surface area contributed by atoms with E-state index in [-0.39, 0.29) is 11.9 Å². The lowest BCUT2D eigenvalue weighted by Gasteiger charge is -2.14. The Morgan fingerprint density at radius 2 is 2.11 bits per heavy atom. The van der Waals surface area contributed by atoms with Gasteiger partial charge in [-0.2, -0.15) is 0 Å². The van der Waals surface area contributed by atoms with Crippen molar-refractivity contribution in [3.63, 3.8) is 0 Å². The highest BCUT2D eigenvalue weighted by Crippen LogP contribution is 2.40. The molecule has 1 aromatic rings. The average molecular weight is 258 g/mol. The molecule has 2 aliphatic rings. The molecule has 0 aliphatic heterocycles. The average Bonchev–Trinajstić information content (AvgIpc) is 3.27. The van der Waals surface area contributed by atoms with Crippen LogP contribution in [-0.2, 0) is 11.3 Å². The smallest absolute Gasteiger partial charge is 0.237 e. The topological polar surface area (TPSA) is 41.1 Å². The quantitative estimate of drug-likeness (QED) is 0.822. The number of carbonyl (C=O) groups is 1. The van der Waals surface area contributed by atoms with E-state index < -0.39 is 0 Å². The van der Waals surface area contributed by atoms with Gasteiger partial charge in [-0.25, -0.2) is 0 Å². The Morgan fingerprint density at radius 1 is 1.32 bits per heavy atom. The van der Waals surface area contributed by atoms with Crippen LogP contribution in [0.4, 0.5) is 0 Å². The van der Waals surface area contributed by atoms with Crippen LogP contribution in [0.2, 0.25) is 0 Å². The molecule has 1 atom stereocenters. The Bertz CT molecular complexity index is 464. The van der Waals surface area contributed by atoms with Gasteiger partial charge in [0.15, 0.2) is 0 Å². The summed E-state index contributed by atoms with van der Waals surface area (Å²) in [4.78, 5) is 11.8. The summed E-state index contributed by atoms with van der Waals surface area (Å²) >= 11 is 0. The molecule has 3 heteroatoms. The minimum atomic E-state index is -0.120. The molecule has 0 radical (unpaired) electrons. The number of rotatable bonds is 6. The number of carbonyl (C=O) groups excluding carboxylic acids is 1. The Hall–Kier alpha value is -1.35. The molecule has 102 valence electrons. The lowest BCUT2D eigenvalue weighted by atomic mass is 10.1. The highest BCUT2D eigenvalue weighted by atomic mass is 16.2. The summed E-state index contributed by atoms with van der Waals surface area (Å²) in [6.45, 7) is 2.70. The molecule has 2 N–H and O–H groups in total. The Balaban J connectivity index is 1.50. The first-order valence-corrected chi connectivity index (χ1v) is 7.35. The van der Waals surface area contributed by atoms with E-state index in [4.69, 9.17) is 0 Å². The van der Waals surface area contributed by atoms with E-state index in [1.807, 2.05) is 6.92 Å². The molecule has 2 fully saturated rings. The number of hydrogen-bond donors (Lipinski definition) is 2. The van der Waals surface area contributed by atoms with Crippen molar-refractivity contribution in [3.8, 4) is 0 Å². The molecule has 3 rings (SSSR count). The number of hydrogen-bond acceptors (Lipinski definition) is 2. The van der Waals surface area contributed by atoms with Crippen LogP contribution in [0.25, 0.3) is 0 Å². The van der Waals surface area contributed by atoms with Crippen LogP contribution in [-0.4, -0.2) is 18.0 Å². The van der Waals surface area contributed by atoms with E-state index in [0.29, 0.717) is 6.04 Å². The second-order valence-corrected chi connectivity index (χ2v) is 5.90. The van der Waals surface area contributed by atoms with Gasteiger partial charge in [-0.3, -0.25) is 4.79 Å². The molecule has 1 unspecified atom stereocenters. The Kier molecular flexibility index (Phi) is 3.56. The molecule has 0 saturated heterocycles. The van der Waals surface area contributed by atoms with Crippen molar-refractivity contribution in [3.05, 3.63) is 35.4 Å². The maximum Gasteiger partial charge on any atom is 0.237 e. The lowest BCUT2D eigenvalue weighted by Crippen LogP contribution is -2.42. The van der Waals surface area contributed by atoms with E-state index >= 15 is 0 Å². The summed E-state index contributed by atoms with van der Waals surface area (Å²) < 4.78 is 0. The van der Waals surface area contributed by atoms with Crippen LogP contribution >= 0.6 is 0 Å². The zero-order valence-electron chi connectivity index (χ0n) is 11.5. The molecular formula is C16H22N2O. The predicted octanol–water partition coefficient (Wildman–Crippen LogP) is 2.32. The molecule has 0 heterocycles. The van der Waals surface area contributed by atoms with Crippen molar-refractivity contribution < 1.29 is 4.79 Å². The number of amides is 1. The van der Waals surface area contributed by atoms with E-state index in [1.165, 1.54) is 24.0 Å². The normalized spacial score (nSPS) is 20.1. The molecule has 1 amide bonds. The van der Waals surface area contributed by atoms with Gasteiger partial charge in [-0.15, -0.1) is 0 Å². The van der Waals surface area contributed by atoms with Gasteiger partial charge in [0.2, 0.25) is 5.91 Å². The van der Waals surface area contributed by atoms with Gasteiger partial charge in [0.25, 0.3) is 0 Å². The fraction of sp³-hybridized carbons (Fsp3) is 0.562. The van der Waals surface area contributed by atoms with Gasteiger partial charge >= 0.3 is 0 Å². The summed E-state index contributed by atoms with van der Waals surface area (Å²) in [5, 5.41) is 6.33.